The molecule has 2 aliphatic rings. The number of carboxylic acids is 3. The highest BCUT2D eigenvalue weighted by molar-refractivity contribution is 5.98. The number of aliphatic carboxylic acids is 3. The standard InChI is InChI=1S/C35H44O14/c1-7-19(2)17-20(3)13-14-25(37)47-28-27(38)33(48-29(30(39)40)34(45,31(41)42)35(28,49-33)32(43)44)16-15-21(4)26(46-23(6)36)22(5)18-24-11-9-8-10-12-24/h8-14,17,19,22,26-29,38,45H,4,7,15-16,18H2,1-3,5-6H3,(H,39,40)(H,41,42)(H,43,44). The van der Waals surface area contributed by atoms with Crippen LogP contribution < -0.4 is 0 Å². The Hall–Kier alpha value is -4.37. The van der Waals surface area contributed by atoms with E-state index in [0.717, 1.165) is 18.1 Å². The van der Waals surface area contributed by atoms with E-state index in [-0.39, 0.29) is 23.8 Å². The number of hydrogen-bond acceptors (Lipinski definition) is 11. The van der Waals surface area contributed by atoms with E-state index in [1.807, 2.05) is 50.3 Å². The van der Waals surface area contributed by atoms with Crippen molar-refractivity contribution in [1.82, 2.24) is 0 Å². The Bertz CT molecular complexity index is 1500. The highest BCUT2D eigenvalue weighted by atomic mass is 16.8. The Balaban J connectivity index is 2.04. The quantitative estimate of drug-likeness (QED) is 0.0729. The number of carbonyl (C=O) groups excluding carboxylic acids is 2. The molecular weight excluding hydrogens is 644 g/mol. The maximum absolute atomic E-state index is 13.0. The van der Waals surface area contributed by atoms with Gasteiger partial charge >= 0.3 is 29.8 Å². The molecule has 2 bridgehead atoms. The van der Waals surface area contributed by atoms with Gasteiger partial charge in [0.1, 0.15) is 12.2 Å². The van der Waals surface area contributed by atoms with Crippen molar-refractivity contribution in [1.29, 1.82) is 0 Å². The molecule has 49 heavy (non-hydrogen) atoms. The number of esters is 2. The molecule has 1 aromatic carbocycles. The lowest BCUT2D eigenvalue weighted by molar-refractivity contribution is -0.374. The molecule has 2 aliphatic heterocycles. The Morgan fingerprint density at radius 3 is 2.18 bits per heavy atom. The van der Waals surface area contributed by atoms with Gasteiger partial charge in [-0.1, -0.05) is 81.8 Å². The van der Waals surface area contributed by atoms with E-state index < -0.39 is 77.7 Å². The predicted octanol–water partition coefficient (Wildman–Crippen LogP) is 2.80. The molecule has 0 saturated carbocycles. The monoisotopic (exact) mass is 688 g/mol. The van der Waals surface area contributed by atoms with Gasteiger partial charge in [0.2, 0.25) is 23.1 Å². The van der Waals surface area contributed by atoms with Crippen molar-refractivity contribution in [2.45, 2.75) is 102 Å². The van der Waals surface area contributed by atoms with Gasteiger partial charge in [-0.3, -0.25) is 4.79 Å². The summed E-state index contributed by atoms with van der Waals surface area (Å²) in [5, 5.41) is 53.5. The van der Waals surface area contributed by atoms with Gasteiger partial charge in [-0.2, -0.15) is 0 Å². The van der Waals surface area contributed by atoms with Gasteiger partial charge < -0.3 is 44.5 Å². The van der Waals surface area contributed by atoms with Crippen molar-refractivity contribution >= 4 is 29.8 Å². The van der Waals surface area contributed by atoms with Crippen LogP contribution in [0.2, 0.25) is 0 Å². The van der Waals surface area contributed by atoms with E-state index in [0.29, 0.717) is 12.0 Å². The second-order valence-electron chi connectivity index (χ2n) is 12.6. The topological polar surface area (TPSA) is 223 Å². The molecule has 14 nitrogen and oxygen atoms in total. The average Bonchev–Trinajstić information content (AvgIpc) is 3.25. The molecule has 5 N–H and O–H groups in total. The van der Waals surface area contributed by atoms with Crippen molar-refractivity contribution in [3.63, 3.8) is 0 Å². The number of rotatable bonds is 16. The minimum Gasteiger partial charge on any atom is -0.479 e. The van der Waals surface area contributed by atoms with Crippen molar-refractivity contribution in [3.8, 4) is 0 Å². The maximum Gasteiger partial charge on any atom is 0.344 e. The molecule has 0 aliphatic carbocycles. The fraction of sp³-hybridized carbons (Fsp3) is 0.514. The van der Waals surface area contributed by atoms with Crippen molar-refractivity contribution in [2.24, 2.45) is 11.8 Å². The van der Waals surface area contributed by atoms with Gasteiger partial charge in [0.25, 0.3) is 0 Å². The number of ether oxygens (including phenoxy) is 4. The fourth-order valence-electron chi connectivity index (χ4n) is 6.28. The number of fused-ring (bicyclic) bond motifs is 2. The normalized spacial score (nSPS) is 29.9. The molecule has 9 atom stereocenters. The number of hydrogen-bond donors (Lipinski definition) is 5. The van der Waals surface area contributed by atoms with Gasteiger partial charge in [-0.15, -0.1) is 0 Å². The molecule has 3 rings (SSSR count). The highest BCUT2D eigenvalue weighted by Crippen LogP contribution is 2.56. The third kappa shape index (κ3) is 7.77. The lowest BCUT2D eigenvalue weighted by atomic mass is 9.74. The van der Waals surface area contributed by atoms with Crippen LogP contribution in [0.1, 0.15) is 59.4 Å². The van der Waals surface area contributed by atoms with Crippen LogP contribution in [0.15, 0.2) is 66.3 Å². The fourth-order valence-corrected chi connectivity index (χ4v) is 6.28. The SMILES string of the molecule is C=C(CCC12OC(C(=O)O)C(O)(C(=O)O)C(C(=O)O)(O1)C(OC(=O)C=CC(C)=CC(C)CC)C2O)C(OC(C)=O)C(C)Cc1ccccc1. The van der Waals surface area contributed by atoms with Gasteiger partial charge in [-0.05, 0) is 36.8 Å². The summed E-state index contributed by atoms with van der Waals surface area (Å²) < 4.78 is 22.0. The summed E-state index contributed by atoms with van der Waals surface area (Å²) in [5.74, 6) is -11.4. The second kappa shape index (κ2) is 15.5. The number of carboxylic acid groups (broad SMARTS) is 3. The van der Waals surface area contributed by atoms with Crippen molar-refractivity contribution in [2.75, 3.05) is 0 Å². The van der Waals surface area contributed by atoms with Gasteiger partial charge in [-0.25, -0.2) is 19.2 Å². The summed E-state index contributed by atoms with van der Waals surface area (Å²) >= 11 is 0. The second-order valence-corrected chi connectivity index (χ2v) is 12.6. The Morgan fingerprint density at radius 2 is 1.65 bits per heavy atom. The Morgan fingerprint density at radius 1 is 1.02 bits per heavy atom. The number of aliphatic hydroxyl groups excluding tert-OH is 1. The lowest BCUT2D eigenvalue weighted by Crippen LogP contribution is -2.78. The zero-order valence-corrected chi connectivity index (χ0v) is 28.0. The van der Waals surface area contributed by atoms with Crippen LogP contribution in [0, 0.1) is 11.8 Å². The minimum atomic E-state index is -3.91. The van der Waals surface area contributed by atoms with E-state index >= 15 is 0 Å². The zero-order chi connectivity index (χ0) is 36.9. The first-order chi connectivity index (χ1) is 22.9. The Labute approximate surface area is 283 Å². The third-order valence-electron chi connectivity index (χ3n) is 8.93. The van der Waals surface area contributed by atoms with E-state index in [2.05, 4.69) is 6.58 Å². The number of benzene rings is 1. The van der Waals surface area contributed by atoms with Crippen LogP contribution in [-0.2, 0) is 49.3 Å². The van der Waals surface area contributed by atoms with E-state index in [9.17, 15) is 49.5 Å². The molecule has 2 heterocycles. The van der Waals surface area contributed by atoms with E-state index in [1.165, 1.54) is 13.0 Å². The molecule has 2 fully saturated rings. The molecule has 2 saturated heterocycles. The Kier molecular flexibility index (Phi) is 12.3. The van der Waals surface area contributed by atoms with Crippen molar-refractivity contribution in [3.05, 3.63) is 71.8 Å². The first kappa shape index (κ1) is 39.1. The van der Waals surface area contributed by atoms with Gasteiger partial charge in [0, 0.05) is 25.3 Å². The molecule has 1 aromatic rings. The van der Waals surface area contributed by atoms with Crippen LogP contribution in [0.5, 0.6) is 0 Å². The molecule has 0 amide bonds. The van der Waals surface area contributed by atoms with Crippen molar-refractivity contribution < 1.29 is 68.5 Å². The highest BCUT2D eigenvalue weighted by Gasteiger charge is 2.85. The summed E-state index contributed by atoms with van der Waals surface area (Å²) in [7, 11) is 0. The lowest BCUT2D eigenvalue weighted by Gasteiger charge is -2.48. The van der Waals surface area contributed by atoms with Gasteiger partial charge in [0.15, 0.2) is 6.10 Å². The van der Waals surface area contributed by atoms with E-state index in [4.69, 9.17) is 18.9 Å². The summed E-state index contributed by atoms with van der Waals surface area (Å²) in [5.41, 5.74) is -5.67. The van der Waals surface area contributed by atoms with Crippen LogP contribution in [0.3, 0.4) is 0 Å². The van der Waals surface area contributed by atoms with Crippen LogP contribution in [0.4, 0.5) is 0 Å². The molecule has 0 spiro atoms. The largest absolute Gasteiger partial charge is 0.479 e. The average molecular weight is 689 g/mol. The third-order valence-corrected chi connectivity index (χ3v) is 8.93. The summed E-state index contributed by atoms with van der Waals surface area (Å²) in [6.45, 7) is 12.6. The first-order valence-corrected chi connectivity index (χ1v) is 15.8. The summed E-state index contributed by atoms with van der Waals surface area (Å²) in [6, 6.07) is 9.27. The zero-order valence-electron chi connectivity index (χ0n) is 28.0. The van der Waals surface area contributed by atoms with Crippen LogP contribution in [-0.4, -0.2) is 96.8 Å². The number of allylic oxidation sites excluding steroid dienone is 3. The molecule has 268 valence electrons. The predicted molar refractivity (Wildman–Crippen MR) is 171 cm³/mol. The van der Waals surface area contributed by atoms with Gasteiger partial charge in [0.05, 0.1) is 0 Å². The minimum absolute atomic E-state index is 0.160. The summed E-state index contributed by atoms with van der Waals surface area (Å²) in [4.78, 5) is 62.9. The molecule has 9 unspecified atom stereocenters. The van der Waals surface area contributed by atoms with E-state index in [1.54, 1.807) is 13.8 Å². The molecular formula is C35H44O14. The first-order valence-electron chi connectivity index (χ1n) is 15.8. The molecule has 0 radical (unpaired) electrons. The maximum atomic E-state index is 13.0. The van der Waals surface area contributed by atoms with Crippen LogP contribution in [0.25, 0.3) is 0 Å². The number of carbonyl (C=O) groups is 5. The summed E-state index contributed by atoms with van der Waals surface area (Å²) in [6.07, 6.45) is -4.04. The molecule has 14 heteroatoms. The smallest absolute Gasteiger partial charge is 0.344 e. The molecule has 0 aromatic heterocycles. The number of aliphatic hydroxyl groups is 2. The van der Waals surface area contributed by atoms with Crippen LogP contribution >= 0.6 is 0 Å².